The van der Waals surface area contributed by atoms with Crippen molar-refractivity contribution >= 4 is 5.97 Å². The van der Waals surface area contributed by atoms with Crippen LogP contribution in [0, 0.1) is 0 Å². The van der Waals surface area contributed by atoms with Gasteiger partial charge in [-0.2, -0.15) is 5.10 Å². The minimum absolute atomic E-state index is 0.304. The van der Waals surface area contributed by atoms with Crippen LogP contribution in [0.4, 0.5) is 0 Å². The zero-order valence-corrected chi connectivity index (χ0v) is 8.30. The first-order valence-electron chi connectivity index (χ1n) is 4.45. The molecule has 0 amide bonds. The van der Waals surface area contributed by atoms with E-state index in [1.807, 2.05) is 13.1 Å². The molecule has 0 saturated carbocycles. The summed E-state index contributed by atoms with van der Waals surface area (Å²) >= 11 is 0. The van der Waals surface area contributed by atoms with E-state index in [0.29, 0.717) is 6.42 Å². The third-order valence-electron chi connectivity index (χ3n) is 1.97. The normalized spacial score (nSPS) is 12.7. The molecule has 78 valence electrons. The highest BCUT2D eigenvalue weighted by Crippen LogP contribution is 2.03. The Hall–Kier alpha value is -1.36. The first-order chi connectivity index (χ1) is 6.67. The summed E-state index contributed by atoms with van der Waals surface area (Å²) in [7, 11) is 1.38. The second-order valence-electron chi connectivity index (χ2n) is 2.93. The van der Waals surface area contributed by atoms with E-state index in [-0.39, 0.29) is 0 Å². The molecular formula is C9H14N2O3. The highest BCUT2D eigenvalue weighted by atomic mass is 16.5. The summed E-state index contributed by atoms with van der Waals surface area (Å²) in [5, 5.41) is 12.9. The van der Waals surface area contributed by atoms with Crippen molar-refractivity contribution < 1.29 is 14.6 Å². The quantitative estimate of drug-likeness (QED) is 0.750. The highest BCUT2D eigenvalue weighted by Gasteiger charge is 2.17. The summed E-state index contributed by atoms with van der Waals surface area (Å²) < 4.78 is 6.56. The molecule has 1 aromatic heterocycles. The largest absolute Gasteiger partial charge is 0.479 e. The van der Waals surface area contributed by atoms with Crippen molar-refractivity contribution in [2.45, 2.75) is 26.0 Å². The van der Waals surface area contributed by atoms with Crippen LogP contribution in [0.3, 0.4) is 0 Å². The molecule has 5 nitrogen and oxygen atoms in total. The van der Waals surface area contributed by atoms with Crippen molar-refractivity contribution in [3.63, 3.8) is 0 Å². The summed E-state index contributed by atoms with van der Waals surface area (Å²) in [5.41, 5.74) is 0.737. The van der Waals surface area contributed by atoms with Gasteiger partial charge in [0.15, 0.2) is 6.10 Å². The lowest BCUT2D eigenvalue weighted by Crippen LogP contribution is -2.25. The molecule has 14 heavy (non-hydrogen) atoms. The summed E-state index contributed by atoms with van der Waals surface area (Å²) in [6.07, 6.45) is 1.32. The predicted octanol–water partition coefficient (Wildman–Crippen LogP) is 0.545. The van der Waals surface area contributed by atoms with Gasteiger partial charge in [-0.05, 0) is 13.0 Å². The Kier molecular flexibility index (Phi) is 3.64. The number of aliphatic carboxylic acids is 1. The van der Waals surface area contributed by atoms with Crippen molar-refractivity contribution in [2.75, 3.05) is 7.11 Å². The highest BCUT2D eigenvalue weighted by molar-refractivity contribution is 5.72. The average molecular weight is 198 g/mol. The van der Waals surface area contributed by atoms with E-state index in [1.165, 1.54) is 7.11 Å². The lowest BCUT2D eigenvalue weighted by Gasteiger charge is -2.07. The minimum Gasteiger partial charge on any atom is -0.479 e. The lowest BCUT2D eigenvalue weighted by molar-refractivity contribution is -0.148. The zero-order chi connectivity index (χ0) is 10.6. The van der Waals surface area contributed by atoms with Crippen LogP contribution < -0.4 is 0 Å². The van der Waals surface area contributed by atoms with E-state index >= 15 is 0 Å². The molecule has 1 rings (SSSR count). The summed E-state index contributed by atoms with van der Waals surface area (Å²) in [6, 6.07) is 1.80. The van der Waals surface area contributed by atoms with Gasteiger partial charge in [-0.1, -0.05) is 0 Å². The lowest BCUT2D eigenvalue weighted by atomic mass is 10.2. The molecule has 0 fully saturated rings. The second kappa shape index (κ2) is 4.76. The summed E-state index contributed by atoms with van der Waals surface area (Å²) in [5.74, 6) is -0.960. The number of hydrogen-bond acceptors (Lipinski definition) is 3. The average Bonchev–Trinajstić information content (AvgIpc) is 2.61. The molecule has 1 aromatic rings. The van der Waals surface area contributed by atoms with Gasteiger partial charge in [0.1, 0.15) is 0 Å². The van der Waals surface area contributed by atoms with E-state index in [2.05, 4.69) is 5.10 Å². The molecule has 0 bridgehead atoms. The van der Waals surface area contributed by atoms with Crippen molar-refractivity contribution in [1.82, 2.24) is 9.78 Å². The van der Waals surface area contributed by atoms with Crippen LogP contribution in [-0.2, 0) is 22.5 Å². The van der Waals surface area contributed by atoms with E-state index < -0.39 is 12.1 Å². The van der Waals surface area contributed by atoms with Crippen LogP contribution in [-0.4, -0.2) is 34.1 Å². The van der Waals surface area contributed by atoms with Gasteiger partial charge in [-0.15, -0.1) is 0 Å². The number of carbonyl (C=O) groups is 1. The Balaban J connectivity index is 2.62. The van der Waals surface area contributed by atoms with Crippen LogP contribution in [0.25, 0.3) is 0 Å². The number of hydrogen-bond donors (Lipinski definition) is 1. The van der Waals surface area contributed by atoms with Gasteiger partial charge >= 0.3 is 5.97 Å². The third kappa shape index (κ3) is 2.56. The number of aryl methyl sites for hydroxylation is 1. The van der Waals surface area contributed by atoms with E-state index in [0.717, 1.165) is 12.2 Å². The van der Waals surface area contributed by atoms with E-state index in [9.17, 15) is 4.79 Å². The molecule has 1 unspecified atom stereocenters. The zero-order valence-electron chi connectivity index (χ0n) is 8.30. The van der Waals surface area contributed by atoms with Gasteiger partial charge in [0, 0.05) is 26.3 Å². The van der Waals surface area contributed by atoms with E-state index in [1.54, 1.807) is 10.7 Å². The topological polar surface area (TPSA) is 64.3 Å². The fraction of sp³-hybridized carbons (Fsp3) is 0.556. The molecule has 0 radical (unpaired) electrons. The molecule has 5 heteroatoms. The van der Waals surface area contributed by atoms with Crippen LogP contribution in [0.2, 0.25) is 0 Å². The minimum atomic E-state index is -0.960. The van der Waals surface area contributed by atoms with Crippen molar-refractivity contribution in [3.05, 3.63) is 18.0 Å². The second-order valence-corrected chi connectivity index (χ2v) is 2.93. The fourth-order valence-corrected chi connectivity index (χ4v) is 1.15. The molecule has 1 N–H and O–H groups in total. The van der Waals surface area contributed by atoms with Gasteiger partial charge in [-0.3, -0.25) is 4.68 Å². The number of aromatic nitrogens is 2. The Bertz CT molecular complexity index is 309. The van der Waals surface area contributed by atoms with Crippen molar-refractivity contribution in [3.8, 4) is 0 Å². The number of carboxylic acid groups (broad SMARTS) is 1. The van der Waals surface area contributed by atoms with Crippen molar-refractivity contribution in [2.24, 2.45) is 0 Å². The molecule has 0 aliphatic carbocycles. The molecule has 1 atom stereocenters. The number of methoxy groups -OCH3 is 1. The molecule has 0 aliphatic rings. The maximum absolute atomic E-state index is 10.7. The SMILES string of the molecule is CCn1ccc(CC(OC)C(=O)O)n1. The molecule has 0 spiro atoms. The predicted molar refractivity (Wildman–Crippen MR) is 50.0 cm³/mol. The molecular weight excluding hydrogens is 184 g/mol. The first-order valence-corrected chi connectivity index (χ1v) is 4.45. The Morgan fingerprint density at radius 3 is 2.93 bits per heavy atom. The molecule has 1 heterocycles. The summed E-state index contributed by atoms with van der Waals surface area (Å²) in [6.45, 7) is 2.76. The first kappa shape index (κ1) is 10.7. The Morgan fingerprint density at radius 2 is 2.50 bits per heavy atom. The number of rotatable bonds is 5. The number of carboxylic acids is 1. The molecule has 0 saturated heterocycles. The van der Waals surface area contributed by atoms with Gasteiger partial charge in [0.25, 0.3) is 0 Å². The van der Waals surface area contributed by atoms with E-state index in [4.69, 9.17) is 9.84 Å². The Morgan fingerprint density at radius 1 is 1.79 bits per heavy atom. The monoisotopic (exact) mass is 198 g/mol. The van der Waals surface area contributed by atoms with Crippen LogP contribution in [0.15, 0.2) is 12.3 Å². The number of nitrogens with zero attached hydrogens (tertiary/aromatic N) is 2. The molecule has 0 aliphatic heterocycles. The van der Waals surface area contributed by atoms with Gasteiger partial charge in [0.2, 0.25) is 0 Å². The maximum Gasteiger partial charge on any atom is 0.333 e. The van der Waals surface area contributed by atoms with Crippen LogP contribution in [0.5, 0.6) is 0 Å². The van der Waals surface area contributed by atoms with Gasteiger partial charge in [-0.25, -0.2) is 4.79 Å². The summed E-state index contributed by atoms with van der Waals surface area (Å²) in [4.78, 5) is 10.7. The molecule has 0 aromatic carbocycles. The maximum atomic E-state index is 10.7. The van der Waals surface area contributed by atoms with Crippen molar-refractivity contribution in [1.29, 1.82) is 0 Å². The van der Waals surface area contributed by atoms with Crippen LogP contribution >= 0.6 is 0 Å². The number of ether oxygens (including phenoxy) is 1. The standard InChI is InChI=1S/C9H14N2O3/c1-3-11-5-4-7(10-11)6-8(14-2)9(12)13/h4-5,8H,3,6H2,1-2H3,(H,12,13). The smallest absolute Gasteiger partial charge is 0.333 e. The fourth-order valence-electron chi connectivity index (χ4n) is 1.15. The third-order valence-corrected chi connectivity index (χ3v) is 1.97. The Labute approximate surface area is 82.3 Å². The van der Waals surface area contributed by atoms with Crippen LogP contribution in [0.1, 0.15) is 12.6 Å². The van der Waals surface area contributed by atoms with Gasteiger partial charge < -0.3 is 9.84 Å². The van der Waals surface area contributed by atoms with Gasteiger partial charge in [0.05, 0.1) is 5.69 Å².